The molecule has 0 saturated carbocycles. The van der Waals surface area contributed by atoms with Crippen molar-refractivity contribution in [1.82, 2.24) is 0 Å². The number of hydrogen-bond donors (Lipinski definition) is 0. The van der Waals surface area contributed by atoms with Gasteiger partial charge in [-0.1, -0.05) is 125 Å². The van der Waals surface area contributed by atoms with Crippen LogP contribution >= 0.6 is 0 Å². The van der Waals surface area contributed by atoms with E-state index < -0.39 is 0 Å². The zero-order valence-electron chi connectivity index (χ0n) is 36.1. The second-order valence-corrected chi connectivity index (χ2v) is 18.1. The number of nitrogens with zero attached hydrogens (tertiary/aromatic N) is 2. The van der Waals surface area contributed by atoms with Gasteiger partial charge in [0.2, 0.25) is 0 Å². The maximum atomic E-state index is 2.52. The van der Waals surface area contributed by atoms with Crippen LogP contribution in [-0.2, 0) is 10.8 Å². The van der Waals surface area contributed by atoms with Gasteiger partial charge in [-0.15, -0.1) is 0 Å². The zero-order valence-corrected chi connectivity index (χ0v) is 36.1. The number of hydrogen-bond acceptors (Lipinski definition) is 2. The molecule has 0 radical (unpaired) electrons. The van der Waals surface area contributed by atoms with E-state index in [1.807, 2.05) is 0 Å². The molecule has 2 heteroatoms. The summed E-state index contributed by atoms with van der Waals surface area (Å²) in [6.07, 6.45) is 0. The highest BCUT2D eigenvalue weighted by Gasteiger charge is 2.40. The van der Waals surface area contributed by atoms with Gasteiger partial charge in [-0.3, -0.25) is 0 Å². The van der Waals surface area contributed by atoms with E-state index in [-0.39, 0.29) is 10.8 Å². The Morgan fingerprint density at radius 1 is 0.283 bits per heavy atom. The SMILES string of the molecule is Cc1cc2c(cc1-c1cc3c(cc1C)-c1cc(N(c4ccccc4)c4ccccc4)c(C)cc1C3(C)C)C(C)(C)c1cc(C)c(N(c3ccccc3)c3ccccc3)cc1-2. The van der Waals surface area contributed by atoms with Crippen LogP contribution in [0.5, 0.6) is 0 Å². The molecular weight excluding hydrogens is 725 g/mol. The van der Waals surface area contributed by atoms with Crippen LogP contribution in [0.25, 0.3) is 33.4 Å². The van der Waals surface area contributed by atoms with Crippen LogP contribution in [0.4, 0.5) is 34.1 Å². The fourth-order valence-electron chi connectivity index (χ4n) is 10.3. The molecule has 8 aromatic carbocycles. The largest absolute Gasteiger partial charge is 0.310 e. The molecule has 60 heavy (non-hydrogen) atoms. The fourth-order valence-corrected chi connectivity index (χ4v) is 10.3. The van der Waals surface area contributed by atoms with Crippen LogP contribution < -0.4 is 9.80 Å². The molecule has 0 heterocycles. The maximum absolute atomic E-state index is 2.52. The Hall–Kier alpha value is -6.64. The average molecular weight is 777 g/mol. The van der Waals surface area contributed by atoms with Crippen molar-refractivity contribution in [2.24, 2.45) is 0 Å². The Kier molecular flexibility index (Phi) is 8.77. The monoisotopic (exact) mass is 776 g/mol. The molecule has 0 bridgehead atoms. The molecule has 2 nitrogen and oxygen atoms in total. The predicted octanol–water partition coefficient (Wildman–Crippen LogP) is 16.1. The summed E-state index contributed by atoms with van der Waals surface area (Å²) in [5.41, 5.74) is 25.4. The number of benzene rings is 8. The lowest BCUT2D eigenvalue weighted by Gasteiger charge is -2.29. The standard InChI is InChI=1S/C58H52N2/c1-37-29-47-49-35-55(59(41-21-13-9-14-22-41)42-23-15-10-16-24-42)39(3)31-51(49)57(5,6)53(47)33-45(37)46-34-54-48(30-38(46)2)50-36-56(40(4)32-52(50)58(54,7)8)60(43-25-17-11-18-26-43)44-27-19-12-20-28-44/h9-36H,1-8H3. The highest BCUT2D eigenvalue weighted by atomic mass is 15.1. The number of para-hydroxylation sites is 4. The molecule has 0 fully saturated rings. The van der Waals surface area contributed by atoms with Crippen LogP contribution in [0.1, 0.15) is 72.2 Å². The van der Waals surface area contributed by atoms with E-state index in [2.05, 4.69) is 235 Å². The summed E-state index contributed by atoms with van der Waals surface area (Å²) in [5.74, 6) is 0. The molecule has 0 N–H and O–H groups in total. The zero-order chi connectivity index (χ0) is 41.5. The van der Waals surface area contributed by atoms with Crippen molar-refractivity contribution < 1.29 is 0 Å². The van der Waals surface area contributed by atoms with E-state index in [0.29, 0.717) is 0 Å². The van der Waals surface area contributed by atoms with Gasteiger partial charge in [0.25, 0.3) is 0 Å². The Labute approximate surface area is 356 Å². The Bertz CT molecular complexity index is 2660. The van der Waals surface area contributed by atoms with Crippen LogP contribution in [-0.4, -0.2) is 0 Å². The van der Waals surface area contributed by atoms with Gasteiger partial charge in [-0.25, -0.2) is 0 Å². The summed E-state index contributed by atoms with van der Waals surface area (Å²) in [6.45, 7) is 18.8. The lowest BCUT2D eigenvalue weighted by atomic mass is 9.78. The molecule has 0 unspecified atom stereocenters. The normalized spacial score (nSPS) is 13.9. The molecule has 0 amide bonds. The lowest BCUT2D eigenvalue weighted by molar-refractivity contribution is 0.658. The Morgan fingerprint density at radius 2 is 0.550 bits per heavy atom. The van der Waals surface area contributed by atoms with E-state index in [0.717, 1.165) is 22.7 Å². The van der Waals surface area contributed by atoms with Gasteiger partial charge in [0, 0.05) is 45.0 Å². The molecule has 0 saturated heterocycles. The van der Waals surface area contributed by atoms with Crippen LogP contribution in [0.15, 0.2) is 170 Å². The smallest absolute Gasteiger partial charge is 0.0497 e. The van der Waals surface area contributed by atoms with Gasteiger partial charge >= 0.3 is 0 Å². The first-order valence-electron chi connectivity index (χ1n) is 21.4. The van der Waals surface area contributed by atoms with Crippen LogP contribution in [0, 0.1) is 27.7 Å². The minimum absolute atomic E-state index is 0.155. The summed E-state index contributed by atoms with van der Waals surface area (Å²) in [7, 11) is 0. The van der Waals surface area contributed by atoms with Gasteiger partial charge in [-0.2, -0.15) is 0 Å². The van der Waals surface area contributed by atoms with Crippen molar-refractivity contribution in [3.63, 3.8) is 0 Å². The topological polar surface area (TPSA) is 6.48 Å². The molecule has 0 spiro atoms. The van der Waals surface area contributed by atoms with E-state index in [4.69, 9.17) is 0 Å². The highest BCUT2D eigenvalue weighted by Crippen LogP contribution is 2.56. The van der Waals surface area contributed by atoms with Crippen LogP contribution in [0.3, 0.4) is 0 Å². The molecule has 2 aliphatic rings. The lowest BCUT2D eigenvalue weighted by Crippen LogP contribution is -2.17. The maximum Gasteiger partial charge on any atom is 0.0497 e. The third-order valence-electron chi connectivity index (χ3n) is 13.5. The highest BCUT2D eigenvalue weighted by molar-refractivity contribution is 5.93. The molecule has 294 valence electrons. The summed E-state index contributed by atoms with van der Waals surface area (Å²) in [5, 5.41) is 0. The molecule has 0 atom stereocenters. The van der Waals surface area contributed by atoms with E-state index in [9.17, 15) is 0 Å². The van der Waals surface area contributed by atoms with Gasteiger partial charge in [0.05, 0.1) is 0 Å². The van der Waals surface area contributed by atoms with Gasteiger partial charge < -0.3 is 9.80 Å². The molecule has 0 aromatic heterocycles. The molecule has 0 aliphatic heterocycles. The van der Waals surface area contributed by atoms with E-state index in [1.54, 1.807) is 0 Å². The number of anilines is 6. The van der Waals surface area contributed by atoms with Crippen molar-refractivity contribution in [3.8, 4) is 33.4 Å². The second kappa shape index (κ2) is 14.0. The summed E-state index contributed by atoms with van der Waals surface area (Å²) < 4.78 is 0. The minimum Gasteiger partial charge on any atom is -0.310 e. The van der Waals surface area contributed by atoms with E-state index >= 15 is 0 Å². The molecular formula is C58H52N2. The predicted molar refractivity (Wildman–Crippen MR) is 255 cm³/mol. The Balaban J connectivity index is 1.09. The third kappa shape index (κ3) is 5.84. The Morgan fingerprint density at radius 3 is 0.850 bits per heavy atom. The first kappa shape index (κ1) is 37.6. The molecule has 2 aliphatic carbocycles. The second-order valence-electron chi connectivity index (χ2n) is 18.1. The number of fused-ring (bicyclic) bond motifs is 6. The third-order valence-corrected chi connectivity index (χ3v) is 13.5. The molecule has 10 rings (SSSR count). The first-order valence-corrected chi connectivity index (χ1v) is 21.4. The fraction of sp³-hybridized carbons (Fsp3) is 0.172. The number of aryl methyl sites for hydroxylation is 4. The van der Waals surface area contributed by atoms with Crippen molar-refractivity contribution in [2.75, 3.05) is 9.80 Å². The average Bonchev–Trinajstić information content (AvgIpc) is 3.59. The summed E-state index contributed by atoms with van der Waals surface area (Å²) >= 11 is 0. The quantitative estimate of drug-likeness (QED) is 0.159. The molecule has 8 aromatic rings. The van der Waals surface area contributed by atoms with Gasteiger partial charge in [0.15, 0.2) is 0 Å². The van der Waals surface area contributed by atoms with Crippen molar-refractivity contribution in [2.45, 2.75) is 66.2 Å². The summed E-state index contributed by atoms with van der Waals surface area (Å²) in [6, 6.07) is 62.8. The first-order chi connectivity index (χ1) is 28.9. The summed E-state index contributed by atoms with van der Waals surface area (Å²) in [4.78, 5) is 4.81. The van der Waals surface area contributed by atoms with Crippen molar-refractivity contribution in [3.05, 3.63) is 214 Å². The van der Waals surface area contributed by atoms with E-state index in [1.165, 1.54) is 89.3 Å². The van der Waals surface area contributed by atoms with Gasteiger partial charge in [-0.05, 0) is 178 Å². The number of rotatable bonds is 7. The minimum atomic E-state index is -0.155. The van der Waals surface area contributed by atoms with Crippen molar-refractivity contribution >= 4 is 34.1 Å². The van der Waals surface area contributed by atoms with Gasteiger partial charge in [0.1, 0.15) is 0 Å². The van der Waals surface area contributed by atoms with Crippen LogP contribution in [0.2, 0.25) is 0 Å². The van der Waals surface area contributed by atoms with Crippen molar-refractivity contribution in [1.29, 1.82) is 0 Å².